The van der Waals surface area contributed by atoms with Gasteiger partial charge in [0.15, 0.2) is 17.6 Å². The van der Waals surface area contributed by atoms with Gasteiger partial charge in [0, 0.05) is 0 Å². The number of hydrogen-bond donors (Lipinski definition) is 1. The maximum atomic E-state index is 10.6. The molecular weight excluding hydrogens is 260 g/mol. The Kier molecular flexibility index (Phi) is 3.93. The van der Waals surface area contributed by atoms with Gasteiger partial charge in [-0.15, -0.1) is 0 Å². The van der Waals surface area contributed by atoms with Crippen LogP contribution in [0.1, 0.15) is 12.5 Å². The minimum atomic E-state index is -1.00. The summed E-state index contributed by atoms with van der Waals surface area (Å²) in [6.07, 6.45) is -0.864. The first-order chi connectivity index (χ1) is 8.58. The summed E-state index contributed by atoms with van der Waals surface area (Å²) in [6, 6.07) is 3.43. The van der Waals surface area contributed by atoms with E-state index in [0.717, 1.165) is 5.56 Å². The predicted octanol–water partition coefficient (Wildman–Crippen LogP) is 2.10. The minimum absolute atomic E-state index is 0.157. The van der Waals surface area contributed by atoms with E-state index in [1.165, 1.54) is 6.92 Å². The second-order valence-electron chi connectivity index (χ2n) is 3.89. The van der Waals surface area contributed by atoms with E-state index in [1.54, 1.807) is 12.1 Å². The highest BCUT2D eigenvalue weighted by Gasteiger charge is 2.17. The quantitative estimate of drug-likeness (QED) is 0.909. The number of carboxylic acid groups (broad SMARTS) is 1. The fourth-order valence-corrected chi connectivity index (χ4v) is 1.83. The zero-order valence-electron chi connectivity index (χ0n) is 9.81. The Morgan fingerprint density at radius 2 is 2.22 bits per heavy atom. The van der Waals surface area contributed by atoms with Crippen molar-refractivity contribution in [3.05, 3.63) is 22.7 Å². The van der Waals surface area contributed by atoms with Crippen molar-refractivity contribution in [1.82, 2.24) is 0 Å². The molecule has 1 heterocycles. The molecule has 5 nitrogen and oxygen atoms in total. The molecule has 0 saturated carbocycles. The third-order valence-electron chi connectivity index (χ3n) is 2.50. The highest BCUT2D eigenvalue weighted by molar-refractivity contribution is 6.32. The lowest BCUT2D eigenvalue weighted by Crippen LogP contribution is -2.20. The second kappa shape index (κ2) is 5.46. The van der Waals surface area contributed by atoms with Gasteiger partial charge < -0.3 is 19.3 Å². The average molecular weight is 273 g/mol. The van der Waals surface area contributed by atoms with Crippen LogP contribution < -0.4 is 9.47 Å². The maximum absolute atomic E-state index is 10.6. The largest absolute Gasteiger partial charge is 0.486 e. The van der Waals surface area contributed by atoms with Crippen LogP contribution in [-0.2, 0) is 16.1 Å². The van der Waals surface area contributed by atoms with Crippen LogP contribution in [0.25, 0.3) is 0 Å². The number of halogens is 1. The number of ether oxygens (including phenoxy) is 3. The molecule has 0 spiro atoms. The highest BCUT2D eigenvalue weighted by Crippen LogP contribution is 2.38. The van der Waals surface area contributed by atoms with E-state index in [1.807, 2.05) is 0 Å². The van der Waals surface area contributed by atoms with Crippen LogP contribution in [0, 0.1) is 0 Å². The van der Waals surface area contributed by atoms with Gasteiger partial charge in [0.05, 0.1) is 11.6 Å². The smallest absolute Gasteiger partial charge is 0.332 e. The standard InChI is InChI=1S/C12H13ClO5/c1-7(12(14)15)18-6-8-4-9(13)11-10(5-8)16-2-3-17-11/h4-5,7H,2-3,6H2,1H3,(H,14,15)/t7-/m0/s1. The molecule has 0 aliphatic carbocycles. The van der Waals surface area contributed by atoms with Gasteiger partial charge in [0.2, 0.25) is 0 Å². The zero-order valence-corrected chi connectivity index (χ0v) is 10.6. The minimum Gasteiger partial charge on any atom is -0.486 e. The van der Waals surface area contributed by atoms with Crippen LogP contribution in [0.3, 0.4) is 0 Å². The van der Waals surface area contributed by atoms with Gasteiger partial charge in [-0.3, -0.25) is 0 Å². The lowest BCUT2D eigenvalue weighted by atomic mass is 10.2. The van der Waals surface area contributed by atoms with Gasteiger partial charge in [0.25, 0.3) is 0 Å². The van der Waals surface area contributed by atoms with Crippen LogP contribution in [0.4, 0.5) is 0 Å². The molecule has 0 fully saturated rings. The molecule has 0 bridgehead atoms. The molecule has 0 amide bonds. The van der Waals surface area contributed by atoms with Crippen LogP contribution in [0.15, 0.2) is 12.1 Å². The lowest BCUT2D eigenvalue weighted by molar-refractivity contribution is -0.149. The monoisotopic (exact) mass is 272 g/mol. The predicted molar refractivity (Wildman–Crippen MR) is 64.3 cm³/mol. The third kappa shape index (κ3) is 2.86. The maximum Gasteiger partial charge on any atom is 0.332 e. The summed E-state index contributed by atoms with van der Waals surface area (Å²) in [5.41, 5.74) is 0.748. The van der Waals surface area contributed by atoms with Gasteiger partial charge in [0.1, 0.15) is 13.2 Å². The van der Waals surface area contributed by atoms with Gasteiger partial charge in [-0.1, -0.05) is 11.6 Å². The third-order valence-corrected chi connectivity index (χ3v) is 2.79. The molecule has 0 saturated heterocycles. The number of benzene rings is 1. The summed E-state index contributed by atoms with van der Waals surface area (Å²) in [4.78, 5) is 10.6. The molecule has 98 valence electrons. The van der Waals surface area contributed by atoms with E-state index in [4.69, 9.17) is 30.9 Å². The van der Waals surface area contributed by atoms with E-state index in [0.29, 0.717) is 29.7 Å². The number of rotatable bonds is 4. The highest BCUT2D eigenvalue weighted by atomic mass is 35.5. The topological polar surface area (TPSA) is 65.0 Å². The summed E-state index contributed by atoms with van der Waals surface area (Å²) < 4.78 is 16.0. The van der Waals surface area contributed by atoms with Crippen molar-refractivity contribution in [1.29, 1.82) is 0 Å². The van der Waals surface area contributed by atoms with E-state index in [9.17, 15) is 4.79 Å². The molecule has 18 heavy (non-hydrogen) atoms. The number of aliphatic carboxylic acids is 1. The average Bonchev–Trinajstić information content (AvgIpc) is 2.36. The fraction of sp³-hybridized carbons (Fsp3) is 0.417. The van der Waals surface area contributed by atoms with Crippen molar-refractivity contribution in [2.24, 2.45) is 0 Å². The van der Waals surface area contributed by atoms with E-state index in [-0.39, 0.29) is 6.61 Å². The molecule has 0 unspecified atom stereocenters. The van der Waals surface area contributed by atoms with Crippen molar-refractivity contribution < 1.29 is 24.1 Å². The van der Waals surface area contributed by atoms with Gasteiger partial charge in [-0.25, -0.2) is 4.79 Å². The van der Waals surface area contributed by atoms with Gasteiger partial charge in [-0.2, -0.15) is 0 Å². The Morgan fingerprint density at radius 3 is 2.94 bits per heavy atom. The van der Waals surface area contributed by atoms with Crippen molar-refractivity contribution in [3.8, 4) is 11.5 Å². The van der Waals surface area contributed by atoms with Crippen LogP contribution in [0.5, 0.6) is 11.5 Å². The summed E-state index contributed by atoms with van der Waals surface area (Å²) in [6.45, 7) is 2.57. The van der Waals surface area contributed by atoms with Gasteiger partial charge in [-0.05, 0) is 24.6 Å². The Bertz CT molecular complexity index is 460. The first kappa shape index (κ1) is 13.0. The molecule has 1 aromatic rings. The number of fused-ring (bicyclic) bond motifs is 1. The van der Waals surface area contributed by atoms with E-state index >= 15 is 0 Å². The number of carboxylic acids is 1. The SMILES string of the molecule is C[C@H](OCc1cc(Cl)c2c(c1)OCCO2)C(=O)O. The van der Waals surface area contributed by atoms with Crippen molar-refractivity contribution in [2.45, 2.75) is 19.6 Å². The summed E-state index contributed by atoms with van der Waals surface area (Å²) in [7, 11) is 0. The fourth-order valence-electron chi connectivity index (χ4n) is 1.54. The Morgan fingerprint density at radius 1 is 1.50 bits per heavy atom. The molecule has 1 aromatic carbocycles. The summed E-state index contributed by atoms with van der Waals surface area (Å²) >= 11 is 6.05. The number of carbonyl (C=O) groups is 1. The molecular formula is C12H13ClO5. The van der Waals surface area contributed by atoms with E-state index < -0.39 is 12.1 Å². The van der Waals surface area contributed by atoms with Crippen LogP contribution >= 0.6 is 11.6 Å². The first-order valence-corrected chi connectivity index (χ1v) is 5.88. The Labute approximate surface area is 109 Å². The lowest BCUT2D eigenvalue weighted by Gasteiger charge is -2.20. The Hall–Kier alpha value is -1.46. The van der Waals surface area contributed by atoms with Crippen LogP contribution in [-0.4, -0.2) is 30.4 Å². The Balaban J connectivity index is 2.10. The molecule has 1 N–H and O–H groups in total. The van der Waals surface area contributed by atoms with Crippen molar-refractivity contribution in [2.75, 3.05) is 13.2 Å². The van der Waals surface area contributed by atoms with Crippen LogP contribution in [0.2, 0.25) is 5.02 Å². The van der Waals surface area contributed by atoms with Crippen molar-refractivity contribution in [3.63, 3.8) is 0 Å². The molecule has 1 aliphatic rings. The molecule has 6 heteroatoms. The second-order valence-corrected chi connectivity index (χ2v) is 4.30. The number of hydrogen-bond acceptors (Lipinski definition) is 4. The molecule has 0 radical (unpaired) electrons. The molecule has 2 rings (SSSR count). The molecule has 1 aliphatic heterocycles. The van der Waals surface area contributed by atoms with Crippen molar-refractivity contribution >= 4 is 17.6 Å². The first-order valence-electron chi connectivity index (χ1n) is 5.50. The van der Waals surface area contributed by atoms with Gasteiger partial charge >= 0.3 is 5.97 Å². The van der Waals surface area contributed by atoms with E-state index in [2.05, 4.69) is 0 Å². The summed E-state index contributed by atoms with van der Waals surface area (Å²) in [5.74, 6) is 0.0897. The molecule has 1 atom stereocenters. The summed E-state index contributed by atoms with van der Waals surface area (Å²) in [5, 5.41) is 9.15. The molecule has 0 aromatic heterocycles. The normalized spacial score (nSPS) is 15.2. The zero-order chi connectivity index (χ0) is 13.1.